The first-order valence-corrected chi connectivity index (χ1v) is 13.2. The first-order chi connectivity index (χ1) is 16.2. The van der Waals surface area contributed by atoms with Crippen LogP contribution in [0.1, 0.15) is 23.2 Å². The fourth-order valence-electron chi connectivity index (χ4n) is 4.10. The van der Waals surface area contributed by atoms with Crippen LogP contribution in [0.4, 0.5) is 19.1 Å². The Hall–Kier alpha value is -3.39. The second-order valence-electron chi connectivity index (χ2n) is 8.36. The Kier molecular flexibility index (Phi) is 5.56. The van der Waals surface area contributed by atoms with Gasteiger partial charge in [0.1, 0.15) is 36.2 Å². The molecule has 1 aliphatic heterocycles. The number of aromatic nitrogens is 4. The molecule has 0 unspecified atom stereocenters. The Morgan fingerprint density at radius 3 is 2.68 bits per heavy atom. The molecule has 1 aromatic carbocycles. The van der Waals surface area contributed by atoms with Crippen molar-refractivity contribution in [3.8, 4) is 16.9 Å². The van der Waals surface area contributed by atoms with Crippen molar-refractivity contribution in [2.24, 2.45) is 0 Å². The number of anilines is 1. The summed E-state index contributed by atoms with van der Waals surface area (Å²) in [7, 11) is -2.81. The van der Waals surface area contributed by atoms with Gasteiger partial charge in [0, 0.05) is 47.6 Å². The number of halogens is 3. The molecule has 0 aliphatic carbocycles. The van der Waals surface area contributed by atoms with Crippen LogP contribution in [0.3, 0.4) is 0 Å². The van der Waals surface area contributed by atoms with Crippen LogP contribution in [0.2, 0.25) is 0 Å². The van der Waals surface area contributed by atoms with Crippen LogP contribution in [-0.2, 0) is 17.5 Å². The van der Waals surface area contributed by atoms with Crippen LogP contribution in [0.25, 0.3) is 16.6 Å². The van der Waals surface area contributed by atoms with Crippen molar-refractivity contribution in [1.82, 2.24) is 19.4 Å². The maximum Gasteiger partial charge on any atom is 0.280 e. The maximum atomic E-state index is 14.6. The van der Waals surface area contributed by atoms with Gasteiger partial charge in [0.05, 0.1) is 12.1 Å². The largest absolute Gasteiger partial charge is 0.493 e. The van der Waals surface area contributed by atoms with Gasteiger partial charge >= 0.3 is 0 Å². The second kappa shape index (κ2) is 8.43. The fourth-order valence-corrected chi connectivity index (χ4v) is 5.17. The van der Waals surface area contributed by atoms with Gasteiger partial charge in [-0.2, -0.15) is 0 Å². The zero-order chi connectivity index (χ0) is 24.0. The number of fused-ring (bicyclic) bond motifs is 2. The lowest BCUT2D eigenvalue weighted by molar-refractivity contribution is 0.146. The van der Waals surface area contributed by atoms with Gasteiger partial charge in [0.2, 0.25) is 5.95 Å². The fraction of sp³-hybridized carbons (Fsp3) is 0.261. The highest BCUT2D eigenvalue weighted by atomic mass is 31.2. The van der Waals surface area contributed by atoms with Crippen molar-refractivity contribution in [1.29, 1.82) is 0 Å². The summed E-state index contributed by atoms with van der Waals surface area (Å²) in [5.74, 6) is 0.709. The number of benzene rings is 1. The van der Waals surface area contributed by atoms with Gasteiger partial charge in [-0.3, -0.25) is 9.38 Å². The number of imidazole rings is 1. The molecule has 11 heteroatoms. The zero-order valence-electron chi connectivity index (χ0n) is 18.4. The topological polar surface area (TPSA) is 81.4 Å². The Balaban J connectivity index is 1.58. The predicted octanol–water partition coefficient (Wildman–Crippen LogP) is 4.66. The molecule has 34 heavy (non-hydrogen) atoms. The number of hydrogen-bond donors (Lipinski definition) is 1. The van der Waals surface area contributed by atoms with Crippen molar-refractivity contribution >= 4 is 24.0 Å². The third-order valence-corrected chi connectivity index (χ3v) is 7.09. The minimum absolute atomic E-state index is 0.161. The molecule has 4 heterocycles. The number of alkyl halides is 2. The van der Waals surface area contributed by atoms with E-state index in [2.05, 4.69) is 20.3 Å². The van der Waals surface area contributed by atoms with Crippen molar-refractivity contribution in [3.63, 3.8) is 0 Å². The van der Waals surface area contributed by atoms with Gasteiger partial charge < -0.3 is 14.6 Å². The minimum atomic E-state index is -2.81. The Labute approximate surface area is 193 Å². The molecule has 0 saturated heterocycles. The first kappa shape index (κ1) is 22.4. The number of pyridine rings is 1. The molecule has 0 fully saturated rings. The summed E-state index contributed by atoms with van der Waals surface area (Å²) >= 11 is 0. The summed E-state index contributed by atoms with van der Waals surface area (Å²) in [6.07, 6.45) is 2.32. The molecule has 5 rings (SSSR count). The van der Waals surface area contributed by atoms with Gasteiger partial charge in [0.15, 0.2) is 0 Å². The Morgan fingerprint density at radius 2 is 1.97 bits per heavy atom. The molecular formula is C23H21F3N5O2P. The number of nitrogens with zero attached hydrogens (tertiary/aromatic N) is 4. The van der Waals surface area contributed by atoms with E-state index >= 15 is 0 Å². The van der Waals surface area contributed by atoms with Crippen LogP contribution in [-0.4, -0.2) is 39.3 Å². The zero-order valence-corrected chi connectivity index (χ0v) is 19.3. The highest BCUT2D eigenvalue weighted by Crippen LogP contribution is 2.39. The van der Waals surface area contributed by atoms with Crippen LogP contribution in [0.15, 0.2) is 43.0 Å². The number of hydrogen-bond acceptors (Lipinski definition) is 6. The second-order valence-corrected chi connectivity index (χ2v) is 11.5. The molecule has 4 aromatic rings. The Morgan fingerprint density at radius 1 is 1.15 bits per heavy atom. The van der Waals surface area contributed by atoms with E-state index in [1.165, 1.54) is 30.7 Å². The molecule has 3 aromatic heterocycles. The van der Waals surface area contributed by atoms with Crippen molar-refractivity contribution in [3.05, 3.63) is 65.6 Å². The number of ether oxygens (including phenoxy) is 1. The summed E-state index contributed by atoms with van der Waals surface area (Å²) < 4.78 is 60.6. The van der Waals surface area contributed by atoms with Crippen LogP contribution < -0.4 is 15.5 Å². The van der Waals surface area contributed by atoms with E-state index in [9.17, 15) is 17.7 Å². The molecular weight excluding hydrogens is 466 g/mol. The van der Waals surface area contributed by atoms with Crippen LogP contribution >= 0.6 is 7.14 Å². The van der Waals surface area contributed by atoms with E-state index < -0.39 is 13.6 Å². The maximum absolute atomic E-state index is 14.6. The SMILES string of the molecule is CP(C)(=O)c1ncn2c(NCc3c(F)ccc4c3CCO4)ncc(-c3ccc(C(F)F)nc3)c12. The van der Waals surface area contributed by atoms with E-state index in [4.69, 9.17) is 4.74 Å². The van der Waals surface area contributed by atoms with E-state index in [0.717, 1.165) is 5.56 Å². The summed E-state index contributed by atoms with van der Waals surface area (Å²) in [5, 5.41) is 3.15. The minimum Gasteiger partial charge on any atom is -0.493 e. The highest BCUT2D eigenvalue weighted by molar-refractivity contribution is 7.70. The van der Waals surface area contributed by atoms with Gasteiger partial charge in [-0.15, -0.1) is 0 Å². The van der Waals surface area contributed by atoms with Crippen molar-refractivity contribution < 1.29 is 22.5 Å². The van der Waals surface area contributed by atoms with Gasteiger partial charge in [-0.1, -0.05) is 6.07 Å². The molecule has 1 aliphatic rings. The van der Waals surface area contributed by atoms with Crippen molar-refractivity contribution in [2.45, 2.75) is 19.4 Å². The van der Waals surface area contributed by atoms with Gasteiger partial charge in [-0.05, 0) is 31.5 Å². The predicted molar refractivity (Wildman–Crippen MR) is 123 cm³/mol. The molecule has 0 bridgehead atoms. The summed E-state index contributed by atoms with van der Waals surface area (Å²) in [6.45, 7) is 3.88. The van der Waals surface area contributed by atoms with E-state index in [0.29, 0.717) is 52.4 Å². The Bertz CT molecular complexity index is 1430. The highest BCUT2D eigenvalue weighted by Gasteiger charge is 2.24. The third kappa shape index (κ3) is 3.92. The van der Waals surface area contributed by atoms with Crippen molar-refractivity contribution in [2.75, 3.05) is 25.3 Å². The normalized spacial score (nSPS) is 13.4. The molecule has 0 spiro atoms. The average molecular weight is 487 g/mol. The number of rotatable bonds is 6. The summed E-state index contributed by atoms with van der Waals surface area (Å²) in [4.78, 5) is 12.7. The summed E-state index contributed by atoms with van der Waals surface area (Å²) in [5.41, 5.74) is 2.98. The average Bonchev–Trinajstić information content (AvgIpc) is 3.46. The lowest BCUT2D eigenvalue weighted by Gasteiger charge is -2.14. The monoisotopic (exact) mass is 487 g/mol. The van der Waals surface area contributed by atoms with Crippen LogP contribution in [0, 0.1) is 5.82 Å². The molecule has 0 atom stereocenters. The molecule has 1 N–H and O–H groups in total. The molecule has 7 nitrogen and oxygen atoms in total. The molecule has 0 saturated carbocycles. The van der Waals surface area contributed by atoms with Gasteiger partial charge in [-0.25, -0.2) is 23.1 Å². The van der Waals surface area contributed by atoms with E-state index in [-0.39, 0.29) is 18.1 Å². The standard InChI is InChI=1S/C23H21F3N5O2P/c1-34(2,32)22-20-15(13-3-5-18(21(25)26)27-9-13)10-28-23(31(20)12-30-22)29-11-16-14-7-8-33-19(14)6-4-17(16)24/h3-6,9-10,12,21H,7-8,11H2,1-2H3,(H,28,29). The summed E-state index contributed by atoms with van der Waals surface area (Å²) in [6, 6.07) is 5.77. The van der Waals surface area contributed by atoms with Gasteiger partial charge in [0.25, 0.3) is 6.43 Å². The first-order valence-electron chi connectivity index (χ1n) is 10.6. The van der Waals surface area contributed by atoms with Crippen LogP contribution in [0.5, 0.6) is 5.75 Å². The quantitative estimate of drug-likeness (QED) is 0.399. The third-order valence-electron chi connectivity index (χ3n) is 5.74. The number of nitrogens with one attached hydrogen (secondary N) is 1. The van der Waals surface area contributed by atoms with E-state index in [1.54, 1.807) is 30.0 Å². The molecule has 0 radical (unpaired) electrons. The molecule has 0 amide bonds. The smallest absolute Gasteiger partial charge is 0.280 e. The van der Waals surface area contributed by atoms with E-state index in [1.807, 2.05) is 0 Å². The lowest BCUT2D eigenvalue weighted by Crippen LogP contribution is -2.12. The molecule has 176 valence electrons. The lowest BCUT2D eigenvalue weighted by atomic mass is 10.0.